The molecule has 0 amide bonds. The number of halogens is 1. The van der Waals surface area contributed by atoms with E-state index in [-0.39, 0.29) is 17.4 Å². The highest BCUT2D eigenvalue weighted by atomic mass is 19.1. The van der Waals surface area contributed by atoms with Crippen LogP contribution < -0.4 is 9.47 Å². The summed E-state index contributed by atoms with van der Waals surface area (Å²) in [5.41, 5.74) is 3.63. The Morgan fingerprint density at radius 1 is 1.00 bits per heavy atom. The minimum absolute atomic E-state index is 0.143. The van der Waals surface area contributed by atoms with Crippen LogP contribution in [0.3, 0.4) is 0 Å². The molecule has 0 bridgehead atoms. The normalized spacial score (nSPS) is 14.3. The number of hydrogen-bond donors (Lipinski definition) is 0. The Bertz CT molecular complexity index is 1200. The second kappa shape index (κ2) is 9.47. The fourth-order valence-electron chi connectivity index (χ4n) is 3.25. The van der Waals surface area contributed by atoms with Crippen LogP contribution in [0.4, 0.5) is 4.39 Å². The number of aryl methyl sites for hydroxylation is 1. The van der Waals surface area contributed by atoms with Crippen LogP contribution in [0.5, 0.6) is 11.5 Å². The number of ether oxygens (including phenoxy) is 3. The molecule has 0 atom stereocenters. The lowest BCUT2D eigenvalue weighted by atomic mass is 10.1. The molecular formula is C26H22FNO4. The lowest BCUT2D eigenvalue weighted by Gasteiger charge is -2.13. The van der Waals surface area contributed by atoms with E-state index in [0.29, 0.717) is 35.8 Å². The van der Waals surface area contributed by atoms with Crippen molar-refractivity contribution in [3.63, 3.8) is 0 Å². The number of esters is 1. The molecule has 0 N–H and O–H groups in total. The number of rotatable bonds is 7. The minimum Gasteiger partial charge on any atom is -0.490 e. The summed E-state index contributed by atoms with van der Waals surface area (Å²) in [6.45, 7) is 4.81. The molecule has 3 aromatic carbocycles. The molecule has 0 fully saturated rings. The molecule has 1 aliphatic heterocycles. The van der Waals surface area contributed by atoms with Gasteiger partial charge in [-0.15, -0.1) is 0 Å². The summed E-state index contributed by atoms with van der Waals surface area (Å²) >= 11 is 0. The monoisotopic (exact) mass is 431 g/mol. The molecular weight excluding hydrogens is 409 g/mol. The highest BCUT2D eigenvalue weighted by Crippen LogP contribution is 2.31. The summed E-state index contributed by atoms with van der Waals surface area (Å²) < 4.78 is 30.1. The van der Waals surface area contributed by atoms with Gasteiger partial charge in [0.15, 0.2) is 17.2 Å². The molecule has 0 radical (unpaired) electrons. The van der Waals surface area contributed by atoms with E-state index in [4.69, 9.17) is 14.2 Å². The molecule has 0 aromatic heterocycles. The molecule has 0 saturated carbocycles. The maximum absolute atomic E-state index is 13.1. The molecule has 3 aromatic rings. The Kier molecular flexibility index (Phi) is 6.31. The van der Waals surface area contributed by atoms with Crippen LogP contribution in [0.1, 0.15) is 29.2 Å². The van der Waals surface area contributed by atoms with Gasteiger partial charge in [0.1, 0.15) is 12.4 Å². The van der Waals surface area contributed by atoms with E-state index in [1.807, 2.05) is 38.1 Å². The summed E-state index contributed by atoms with van der Waals surface area (Å²) in [7, 11) is 0. The largest absolute Gasteiger partial charge is 0.490 e. The van der Waals surface area contributed by atoms with Crippen molar-refractivity contribution < 1.29 is 23.4 Å². The Balaban J connectivity index is 1.55. The van der Waals surface area contributed by atoms with Crippen molar-refractivity contribution in [3.8, 4) is 11.5 Å². The van der Waals surface area contributed by atoms with E-state index in [1.54, 1.807) is 18.2 Å². The number of carbonyl (C=O) groups is 1. The number of nitrogens with zero attached hydrogens (tertiary/aromatic N) is 1. The van der Waals surface area contributed by atoms with Gasteiger partial charge in [-0.05, 0) is 67.4 Å². The van der Waals surface area contributed by atoms with Crippen LogP contribution in [0.25, 0.3) is 6.08 Å². The first-order valence-electron chi connectivity index (χ1n) is 10.3. The van der Waals surface area contributed by atoms with Gasteiger partial charge >= 0.3 is 5.97 Å². The van der Waals surface area contributed by atoms with Gasteiger partial charge in [0.2, 0.25) is 5.90 Å². The van der Waals surface area contributed by atoms with Gasteiger partial charge in [-0.2, -0.15) is 0 Å². The third-order valence-electron chi connectivity index (χ3n) is 4.76. The van der Waals surface area contributed by atoms with Crippen LogP contribution >= 0.6 is 0 Å². The molecule has 1 aliphatic rings. The van der Waals surface area contributed by atoms with Crippen LogP contribution in [0.15, 0.2) is 77.4 Å². The predicted octanol–water partition coefficient (Wildman–Crippen LogP) is 5.46. The van der Waals surface area contributed by atoms with Crippen molar-refractivity contribution in [2.75, 3.05) is 6.61 Å². The number of hydrogen-bond acceptors (Lipinski definition) is 5. The molecule has 0 saturated heterocycles. The predicted molar refractivity (Wildman–Crippen MR) is 120 cm³/mol. The molecule has 6 heteroatoms. The van der Waals surface area contributed by atoms with Gasteiger partial charge < -0.3 is 14.2 Å². The van der Waals surface area contributed by atoms with E-state index < -0.39 is 5.97 Å². The zero-order valence-corrected chi connectivity index (χ0v) is 17.8. The van der Waals surface area contributed by atoms with Crippen molar-refractivity contribution in [2.24, 2.45) is 4.99 Å². The summed E-state index contributed by atoms with van der Waals surface area (Å²) in [4.78, 5) is 16.5. The quantitative estimate of drug-likeness (QED) is 0.368. The van der Waals surface area contributed by atoms with Gasteiger partial charge in [0, 0.05) is 5.56 Å². The zero-order chi connectivity index (χ0) is 22.5. The Labute approximate surface area is 185 Å². The van der Waals surface area contributed by atoms with E-state index in [0.717, 1.165) is 5.56 Å². The molecule has 4 rings (SSSR count). The van der Waals surface area contributed by atoms with E-state index >= 15 is 0 Å². The summed E-state index contributed by atoms with van der Waals surface area (Å²) in [5.74, 6) is 0.387. The standard InChI is InChI=1S/C26H22FNO4/c1-3-30-24-15-18(7-12-23(24)31-16-19-6-4-5-17(2)13-19)14-22-26(29)32-25(28-22)20-8-10-21(27)11-9-20/h4-15H,3,16H2,1-2H3. The van der Waals surface area contributed by atoms with Crippen molar-refractivity contribution >= 4 is 17.9 Å². The molecule has 0 aliphatic carbocycles. The van der Waals surface area contributed by atoms with E-state index in [2.05, 4.69) is 11.1 Å². The van der Waals surface area contributed by atoms with E-state index in [9.17, 15) is 9.18 Å². The molecule has 32 heavy (non-hydrogen) atoms. The van der Waals surface area contributed by atoms with Gasteiger partial charge in [0.05, 0.1) is 6.61 Å². The van der Waals surface area contributed by atoms with E-state index in [1.165, 1.54) is 29.8 Å². The summed E-state index contributed by atoms with van der Waals surface area (Å²) in [6.07, 6.45) is 1.62. The number of benzene rings is 3. The van der Waals surface area contributed by atoms with Crippen LogP contribution in [0.2, 0.25) is 0 Å². The highest BCUT2D eigenvalue weighted by molar-refractivity contribution is 6.12. The van der Waals surface area contributed by atoms with Crippen molar-refractivity contribution in [1.29, 1.82) is 0 Å². The minimum atomic E-state index is -0.568. The van der Waals surface area contributed by atoms with Crippen LogP contribution in [0, 0.1) is 12.7 Å². The van der Waals surface area contributed by atoms with Gasteiger partial charge in [-0.25, -0.2) is 14.2 Å². The molecule has 5 nitrogen and oxygen atoms in total. The zero-order valence-electron chi connectivity index (χ0n) is 17.8. The molecule has 162 valence electrons. The number of cyclic esters (lactones) is 1. The third kappa shape index (κ3) is 5.03. The molecule has 0 spiro atoms. The lowest BCUT2D eigenvalue weighted by Crippen LogP contribution is -2.05. The van der Waals surface area contributed by atoms with Gasteiger partial charge in [-0.1, -0.05) is 35.9 Å². The van der Waals surface area contributed by atoms with Crippen molar-refractivity contribution in [3.05, 3.63) is 100 Å². The first-order valence-corrected chi connectivity index (χ1v) is 10.3. The molecule has 0 unspecified atom stereocenters. The van der Waals surface area contributed by atoms with Crippen LogP contribution in [-0.2, 0) is 16.1 Å². The fourth-order valence-corrected chi connectivity index (χ4v) is 3.25. The van der Waals surface area contributed by atoms with Crippen molar-refractivity contribution in [2.45, 2.75) is 20.5 Å². The second-order valence-electron chi connectivity index (χ2n) is 7.26. The smallest absolute Gasteiger partial charge is 0.363 e. The average molecular weight is 431 g/mol. The number of carbonyl (C=O) groups excluding carboxylic acids is 1. The third-order valence-corrected chi connectivity index (χ3v) is 4.76. The maximum Gasteiger partial charge on any atom is 0.363 e. The lowest BCUT2D eigenvalue weighted by molar-refractivity contribution is -0.129. The Morgan fingerprint density at radius 2 is 1.81 bits per heavy atom. The van der Waals surface area contributed by atoms with Gasteiger partial charge in [0.25, 0.3) is 0 Å². The van der Waals surface area contributed by atoms with Crippen molar-refractivity contribution in [1.82, 2.24) is 0 Å². The topological polar surface area (TPSA) is 57.1 Å². The SMILES string of the molecule is CCOc1cc(C=C2N=C(c3ccc(F)cc3)OC2=O)ccc1OCc1cccc(C)c1. The van der Waals surface area contributed by atoms with Gasteiger partial charge in [-0.3, -0.25) is 0 Å². The summed E-state index contributed by atoms with van der Waals surface area (Å²) in [5, 5.41) is 0. The maximum atomic E-state index is 13.1. The fraction of sp³-hybridized carbons (Fsp3) is 0.154. The van der Waals surface area contributed by atoms with Crippen LogP contribution in [-0.4, -0.2) is 18.5 Å². The molecule has 1 heterocycles. The first kappa shape index (κ1) is 21.3. The average Bonchev–Trinajstić information content (AvgIpc) is 3.14. The summed E-state index contributed by atoms with van der Waals surface area (Å²) in [6, 6.07) is 19.1. The Morgan fingerprint density at radius 3 is 2.56 bits per heavy atom. The highest BCUT2D eigenvalue weighted by Gasteiger charge is 2.24. The Hall–Kier alpha value is -3.93. The second-order valence-corrected chi connectivity index (χ2v) is 7.26. The number of aliphatic imine (C=N–C) groups is 1. The first-order chi connectivity index (χ1) is 15.5.